The molecule has 0 saturated heterocycles. The molecule has 0 bridgehead atoms. The van der Waals surface area contributed by atoms with Gasteiger partial charge in [0.1, 0.15) is 0 Å². The van der Waals surface area contributed by atoms with E-state index in [-0.39, 0.29) is 6.10 Å². The first-order valence-electron chi connectivity index (χ1n) is 5.18. The normalized spacial score (nSPS) is 13.3. The molecule has 0 saturated carbocycles. The molecule has 0 aliphatic heterocycles. The Morgan fingerprint density at radius 3 is 2.93 bits per heavy atom. The lowest BCUT2D eigenvalue weighted by Crippen LogP contribution is -2.28. The summed E-state index contributed by atoms with van der Waals surface area (Å²) in [5, 5.41) is 4.30. The van der Waals surface area contributed by atoms with Crippen molar-refractivity contribution in [3.8, 4) is 0 Å². The fourth-order valence-electron chi connectivity index (χ4n) is 1.47. The Bertz CT molecular complexity index is 247. The molecule has 4 heteroatoms. The second-order valence-electron chi connectivity index (χ2n) is 3.75. The van der Waals surface area contributed by atoms with Crippen LogP contribution in [0.5, 0.6) is 0 Å². The number of ether oxygens (including phenoxy) is 1. The van der Waals surface area contributed by atoms with Crippen molar-refractivity contribution in [1.29, 1.82) is 0 Å². The summed E-state index contributed by atoms with van der Waals surface area (Å²) in [5.74, 6) is 0. The van der Waals surface area contributed by atoms with Crippen LogP contribution in [0.1, 0.15) is 12.0 Å². The van der Waals surface area contributed by atoms with Crippen LogP contribution in [0.2, 0.25) is 0 Å². The van der Waals surface area contributed by atoms with Crippen LogP contribution in [0.25, 0.3) is 0 Å². The van der Waals surface area contributed by atoms with Gasteiger partial charge in [-0.1, -0.05) is 0 Å². The number of nitrogens with two attached hydrogens (primary N) is 1. The predicted octanol–water partition coefficient (Wildman–Crippen LogP) is 1.54. The van der Waals surface area contributed by atoms with Crippen molar-refractivity contribution in [2.45, 2.75) is 19.1 Å². The monoisotopic (exact) mass is 228 g/mol. The molecule has 2 N–H and O–H groups in total. The molecule has 1 heterocycles. The van der Waals surface area contributed by atoms with E-state index in [0.717, 1.165) is 19.5 Å². The molecule has 0 amide bonds. The van der Waals surface area contributed by atoms with E-state index in [9.17, 15) is 0 Å². The fourth-order valence-corrected chi connectivity index (χ4v) is 2.13. The molecule has 1 aromatic heterocycles. The largest absolute Gasteiger partial charge is 0.380 e. The van der Waals surface area contributed by atoms with Gasteiger partial charge >= 0.3 is 0 Å². The highest BCUT2D eigenvalue weighted by molar-refractivity contribution is 7.07. The lowest BCUT2D eigenvalue weighted by atomic mass is 10.2. The van der Waals surface area contributed by atoms with Crippen LogP contribution in [0, 0.1) is 0 Å². The van der Waals surface area contributed by atoms with Crippen LogP contribution in [-0.4, -0.2) is 38.3 Å². The molecule has 86 valence electrons. The molecular formula is C11H20N2OS. The van der Waals surface area contributed by atoms with Gasteiger partial charge in [0.2, 0.25) is 0 Å². The zero-order valence-electron chi connectivity index (χ0n) is 9.48. The topological polar surface area (TPSA) is 38.5 Å². The molecule has 1 unspecified atom stereocenters. The highest BCUT2D eigenvalue weighted by Crippen LogP contribution is 2.09. The van der Waals surface area contributed by atoms with Gasteiger partial charge in [0.15, 0.2) is 0 Å². The second kappa shape index (κ2) is 6.95. The molecule has 1 aromatic rings. The van der Waals surface area contributed by atoms with Crippen LogP contribution in [0.4, 0.5) is 0 Å². The smallest absolute Gasteiger partial charge is 0.0705 e. The maximum absolute atomic E-state index is 5.56. The number of methoxy groups -OCH3 is 1. The zero-order valence-corrected chi connectivity index (χ0v) is 10.3. The Morgan fingerprint density at radius 1 is 1.60 bits per heavy atom. The van der Waals surface area contributed by atoms with Gasteiger partial charge in [0.25, 0.3) is 0 Å². The van der Waals surface area contributed by atoms with Gasteiger partial charge in [-0.2, -0.15) is 11.3 Å². The summed E-state index contributed by atoms with van der Waals surface area (Å²) in [7, 11) is 3.84. The molecule has 1 rings (SSSR count). The maximum atomic E-state index is 5.56. The fraction of sp³-hybridized carbons (Fsp3) is 0.636. The van der Waals surface area contributed by atoms with Gasteiger partial charge < -0.3 is 15.4 Å². The van der Waals surface area contributed by atoms with Crippen molar-refractivity contribution in [3.63, 3.8) is 0 Å². The summed E-state index contributed by atoms with van der Waals surface area (Å²) >= 11 is 1.74. The minimum atomic E-state index is 0.190. The van der Waals surface area contributed by atoms with E-state index >= 15 is 0 Å². The standard InChI is InChI=1S/C11H20N2OS/c1-13(5-3-11(7-12)14-2)8-10-4-6-15-9-10/h4,6,9,11H,3,5,7-8,12H2,1-2H3. The Kier molecular flexibility index (Phi) is 5.86. The van der Waals surface area contributed by atoms with Crippen molar-refractivity contribution < 1.29 is 4.74 Å². The molecule has 0 spiro atoms. The van der Waals surface area contributed by atoms with Crippen LogP contribution in [0.3, 0.4) is 0 Å². The van der Waals surface area contributed by atoms with Crippen LogP contribution in [0.15, 0.2) is 16.8 Å². The van der Waals surface area contributed by atoms with Gasteiger partial charge in [-0.05, 0) is 35.9 Å². The van der Waals surface area contributed by atoms with Crippen molar-refractivity contribution in [2.75, 3.05) is 27.2 Å². The Morgan fingerprint density at radius 2 is 2.40 bits per heavy atom. The second-order valence-corrected chi connectivity index (χ2v) is 4.53. The summed E-state index contributed by atoms with van der Waals surface area (Å²) in [5.41, 5.74) is 6.94. The Labute approximate surface area is 95.8 Å². The number of thiophene rings is 1. The van der Waals surface area contributed by atoms with E-state index in [1.165, 1.54) is 5.56 Å². The van der Waals surface area contributed by atoms with Crippen LogP contribution >= 0.6 is 11.3 Å². The van der Waals surface area contributed by atoms with E-state index in [2.05, 4.69) is 28.8 Å². The third-order valence-electron chi connectivity index (χ3n) is 2.46. The third kappa shape index (κ3) is 4.75. The average Bonchev–Trinajstić information content (AvgIpc) is 2.72. The summed E-state index contributed by atoms with van der Waals surface area (Å²) < 4.78 is 5.24. The van der Waals surface area contributed by atoms with E-state index in [4.69, 9.17) is 10.5 Å². The number of hydrogen-bond donors (Lipinski definition) is 1. The number of nitrogens with zero attached hydrogens (tertiary/aromatic N) is 1. The summed E-state index contributed by atoms with van der Waals surface area (Å²) in [6, 6.07) is 2.16. The summed E-state index contributed by atoms with van der Waals surface area (Å²) in [6.45, 7) is 2.62. The Hall–Kier alpha value is -0.420. The summed E-state index contributed by atoms with van der Waals surface area (Å²) in [6.07, 6.45) is 1.18. The van der Waals surface area contributed by atoms with Crippen molar-refractivity contribution in [1.82, 2.24) is 4.90 Å². The molecular weight excluding hydrogens is 208 g/mol. The van der Waals surface area contributed by atoms with E-state index in [1.807, 2.05) is 0 Å². The van der Waals surface area contributed by atoms with E-state index < -0.39 is 0 Å². The number of hydrogen-bond acceptors (Lipinski definition) is 4. The molecule has 0 radical (unpaired) electrons. The minimum Gasteiger partial charge on any atom is -0.380 e. The van der Waals surface area contributed by atoms with Crippen LogP contribution in [-0.2, 0) is 11.3 Å². The van der Waals surface area contributed by atoms with Gasteiger partial charge in [0, 0.05) is 26.7 Å². The Balaban J connectivity index is 2.21. The molecule has 0 aromatic carbocycles. The molecule has 3 nitrogen and oxygen atoms in total. The molecule has 0 aliphatic carbocycles. The van der Waals surface area contributed by atoms with Gasteiger partial charge in [-0.15, -0.1) is 0 Å². The lowest BCUT2D eigenvalue weighted by Gasteiger charge is -2.19. The quantitative estimate of drug-likeness (QED) is 0.769. The minimum absolute atomic E-state index is 0.190. The first kappa shape index (κ1) is 12.6. The highest BCUT2D eigenvalue weighted by atomic mass is 32.1. The van der Waals surface area contributed by atoms with Crippen LogP contribution < -0.4 is 5.73 Å². The number of rotatable bonds is 7. The zero-order chi connectivity index (χ0) is 11.1. The van der Waals surface area contributed by atoms with Crippen molar-refractivity contribution >= 4 is 11.3 Å². The SMILES string of the molecule is COC(CN)CCN(C)Cc1ccsc1. The lowest BCUT2D eigenvalue weighted by molar-refractivity contribution is 0.0919. The summed E-state index contributed by atoms with van der Waals surface area (Å²) in [4.78, 5) is 2.30. The first-order chi connectivity index (χ1) is 7.26. The third-order valence-corrected chi connectivity index (χ3v) is 3.19. The average molecular weight is 228 g/mol. The van der Waals surface area contributed by atoms with Gasteiger partial charge in [-0.3, -0.25) is 0 Å². The maximum Gasteiger partial charge on any atom is 0.0705 e. The first-order valence-corrected chi connectivity index (χ1v) is 6.13. The van der Waals surface area contributed by atoms with Gasteiger partial charge in [-0.25, -0.2) is 0 Å². The van der Waals surface area contributed by atoms with E-state index in [1.54, 1.807) is 18.4 Å². The predicted molar refractivity (Wildman–Crippen MR) is 65.1 cm³/mol. The van der Waals surface area contributed by atoms with E-state index in [0.29, 0.717) is 6.54 Å². The van der Waals surface area contributed by atoms with Gasteiger partial charge in [0.05, 0.1) is 6.10 Å². The molecule has 0 fully saturated rings. The van der Waals surface area contributed by atoms with Crippen molar-refractivity contribution in [3.05, 3.63) is 22.4 Å². The molecule has 0 aliphatic rings. The molecule has 1 atom stereocenters. The van der Waals surface area contributed by atoms with Crippen molar-refractivity contribution in [2.24, 2.45) is 5.73 Å². The molecule has 15 heavy (non-hydrogen) atoms. The highest BCUT2D eigenvalue weighted by Gasteiger charge is 2.07.